The Labute approximate surface area is 201 Å². The molecule has 36 heavy (non-hydrogen) atoms. The van der Waals surface area contributed by atoms with E-state index in [-0.39, 0.29) is 11.1 Å². The van der Waals surface area contributed by atoms with E-state index in [2.05, 4.69) is 0 Å². The van der Waals surface area contributed by atoms with Gasteiger partial charge in [0.25, 0.3) is 17.8 Å². The van der Waals surface area contributed by atoms with Crippen LogP contribution in [-0.4, -0.2) is 35.9 Å². The predicted octanol–water partition coefficient (Wildman–Crippen LogP) is 5.95. The molecule has 11 heteroatoms. The van der Waals surface area contributed by atoms with Crippen molar-refractivity contribution < 1.29 is 44.7 Å². The third-order valence-electron chi connectivity index (χ3n) is 6.83. The van der Waals surface area contributed by atoms with Gasteiger partial charge in [0.1, 0.15) is 17.2 Å². The largest absolute Gasteiger partial charge is 0.338 e. The lowest BCUT2D eigenvalue weighted by atomic mass is 9.67. The Morgan fingerprint density at radius 1 is 0.750 bits per heavy atom. The number of carbonyl (C=O) groups excluding carboxylic acids is 2. The van der Waals surface area contributed by atoms with E-state index < -0.39 is 77.7 Å². The highest BCUT2D eigenvalue weighted by atomic mass is 19.3. The summed E-state index contributed by atoms with van der Waals surface area (Å²) in [5, 5.41) is 1.89. The van der Waals surface area contributed by atoms with Crippen LogP contribution in [0.5, 0.6) is 0 Å². The predicted molar refractivity (Wildman–Crippen MR) is 114 cm³/mol. The van der Waals surface area contributed by atoms with E-state index in [4.69, 9.17) is 0 Å². The number of amides is 1. The topological polar surface area (TPSA) is 46.2 Å². The average Bonchev–Trinajstić information content (AvgIpc) is 2.77. The van der Waals surface area contributed by atoms with Gasteiger partial charge < -0.3 is 5.32 Å². The Hall–Kier alpha value is -2.98. The van der Waals surface area contributed by atoms with E-state index in [1.807, 2.05) is 5.32 Å². The molecule has 0 bridgehead atoms. The van der Waals surface area contributed by atoms with Crippen LogP contribution in [0.4, 0.5) is 35.1 Å². The Morgan fingerprint density at radius 3 is 1.75 bits per heavy atom. The van der Waals surface area contributed by atoms with Gasteiger partial charge in [-0.05, 0) is 26.0 Å². The maximum Gasteiger partial charge on any atom is 0.277 e. The fraction of sp³-hybridized carbons (Fsp3) is 0.440. The van der Waals surface area contributed by atoms with Crippen molar-refractivity contribution in [2.75, 3.05) is 0 Å². The molecule has 1 N–H and O–H groups in total. The van der Waals surface area contributed by atoms with Crippen LogP contribution in [0.2, 0.25) is 0 Å². The number of piperidine rings is 1. The molecule has 1 amide bonds. The van der Waals surface area contributed by atoms with E-state index in [0.29, 0.717) is 0 Å². The smallest absolute Gasteiger partial charge is 0.277 e. The summed E-state index contributed by atoms with van der Waals surface area (Å²) in [7, 11) is 0. The minimum Gasteiger partial charge on any atom is -0.338 e. The number of alkyl halides is 6. The highest BCUT2D eigenvalue weighted by molar-refractivity contribution is 5.86. The van der Waals surface area contributed by atoms with Crippen molar-refractivity contribution >= 4 is 11.7 Å². The van der Waals surface area contributed by atoms with Gasteiger partial charge in [0.2, 0.25) is 0 Å². The molecule has 2 aliphatic rings. The van der Waals surface area contributed by atoms with Gasteiger partial charge in [0, 0.05) is 17.5 Å². The summed E-state index contributed by atoms with van der Waals surface area (Å²) >= 11 is 0. The van der Waals surface area contributed by atoms with Crippen molar-refractivity contribution in [2.24, 2.45) is 0 Å². The van der Waals surface area contributed by atoms with Crippen LogP contribution in [0.1, 0.15) is 44.2 Å². The van der Waals surface area contributed by atoms with Crippen LogP contribution in [0, 0.1) is 11.6 Å². The molecule has 1 aliphatic carbocycles. The normalized spacial score (nSPS) is 31.2. The van der Waals surface area contributed by atoms with Gasteiger partial charge in [0.15, 0.2) is 18.1 Å². The molecule has 196 valence electrons. The van der Waals surface area contributed by atoms with Crippen LogP contribution in [0.25, 0.3) is 0 Å². The lowest BCUT2D eigenvalue weighted by Gasteiger charge is -2.42. The minimum atomic E-state index is -3.57. The molecule has 4 rings (SSSR count). The second-order valence-electron chi connectivity index (χ2n) is 9.30. The van der Waals surface area contributed by atoms with E-state index in [1.165, 1.54) is 30.3 Å². The maximum atomic E-state index is 14.0. The number of nitrogens with one attached hydrogen (secondary N) is 1. The van der Waals surface area contributed by atoms with E-state index in [1.54, 1.807) is 0 Å². The number of hydrogen-bond acceptors (Lipinski definition) is 2. The third-order valence-corrected chi connectivity index (χ3v) is 6.83. The zero-order valence-corrected chi connectivity index (χ0v) is 19.2. The average molecular weight is 521 g/mol. The van der Waals surface area contributed by atoms with Crippen LogP contribution in [0.15, 0.2) is 48.5 Å². The molecule has 1 saturated carbocycles. The first-order chi connectivity index (χ1) is 16.6. The summed E-state index contributed by atoms with van der Waals surface area (Å²) in [6.07, 6.45) is -7.57. The second kappa shape index (κ2) is 9.48. The first-order valence-corrected chi connectivity index (χ1v) is 10.9. The van der Waals surface area contributed by atoms with Gasteiger partial charge in [-0.1, -0.05) is 36.4 Å². The van der Waals surface area contributed by atoms with Gasteiger partial charge in [-0.3, -0.25) is 9.59 Å². The zero-order valence-electron chi connectivity index (χ0n) is 19.2. The quantitative estimate of drug-likeness (QED) is 0.497. The van der Waals surface area contributed by atoms with Crippen molar-refractivity contribution in [2.45, 2.75) is 68.3 Å². The lowest BCUT2D eigenvalue weighted by molar-refractivity contribution is -0.161. The summed E-state index contributed by atoms with van der Waals surface area (Å²) in [5.74, 6) is -10.7. The molecular formula is C25H23F8NO2. The molecule has 2 unspecified atom stereocenters. The minimum absolute atomic E-state index is 0.241. The standard InChI is InChI=1S/C13H12F4O.C12H11F4NO/c1-12(8-4-2-3-5-9(8)14)7-11(18)10(15)6-13(12,16)17;1-11(7-4-2-3-5-8(7)13)12(15,16)6-9(14)10(18)17-11/h2-5,10H,6-7H2,1H3;2-5,9H,6H2,1H3,(H,17,18)/t10?,12-;9?,11-/m11/s1. The molecule has 1 heterocycles. The van der Waals surface area contributed by atoms with Crippen molar-refractivity contribution in [1.29, 1.82) is 0 Å². The molecular weight excluding hydrogens is 498 g/mol. The number of halogens is 8. The molecule has 3 nitrogen and oxygen atoms in total. The molecule has 4 atom stereocenters. The molecule has 0 radical (unpaired) electrons. The third kappa shape index (κ3) is 4.71. The summed E-state index contributed by atoms with van der Waals surface area (Å²) in [4.78, 5) is 22.6. The molecule has 1 aliphatic heterocycles. The van der Waals surface area contributed by atoms with Gasteiger partial charge in [-0.25, -0.2) is 35.1 Å². The summed E-state index contributed by atoms with van der Waals surface area (Å²) in [5.41, 5.74) is -4.82. The second-order valence-corrected chi connectivity index (χ2v) is 9.30. The fourth-order valence-electron chi connectivity index (χ4n) is 4.42. The highest BCUT2D eigenvalue weighted by Gasteiger charge is 2.60. The van der Waals surface area contributed by atoms with Gasteiger partial charge >= 0.3 is 0 Å². The number of carbonyl (C=O) groups is 2. The Bertz CT molecular complexity index is 1070. The SMILES string of the molecule is C[C@]1(c2ccccc2F)CC(=O)C(F)CC1(F)F.C[C@]1(c2ccccc2F)NC(=O)C(F)CC1(F)F. The highest BCUT2D eigenvalue weighted by Crippen LogP contribution is 2.50. The summed E-state index contributed by atoms with van der Waals surface area (Å²) < 4.78 is 109. The Kier molecular flexibility index (Phi) is 7.27. The van der Waals surface area contributed by atoms with Gasteiger partial charge in [-0.2, -0.15) is 0 Å². The molecule has 0 aromatic heterocycles. The number of ketones is 1. The number of hydrogen-bond donors (Lipinski definition) is 1. The molecule has 1 saturated heterocycles. The van der Waals surface area contributed by atoms with Gasteiger partial charge in [0.05, 0.1) is 18.3 Å². The van der Waals surface area contributed by atoms with E-state index in [0.717, 1.165) is 32.0 Å². The Balaban J connectivity index is 0.000000201. The number of Topliss-reactive ketones (excluding diaryl/α,β-unsaturated/α-hetero) is 1. The maximum absolute atomic E-state index is 14.0. The van der Waals surface area contributed by atoms with Crippen molar-refractivity contribution in [3.05, 3.63) is 71.3 Å². The summed E-state index contributed by atoms with van der Waals surface area (Å²) in [6, 6.07) is 9.98. The molecule has 2 aromatic rings. The first-order valence-electron chi connectivity index (χ1n) is 10.9. The Morgan fingerprint density at radius 2 is 1.22 bits per heavy atom. The number of benzene rings is 2. The van der Waals surface area contributed by atoms with Crippen LogP contribution < -0.4 is 5.32 Å². The number of rotatable bonds is 2. The summed E-state index contributed by atoms with van der Waals surface area (Å²) in [6.45, 7) is 2.10. The fourth-order valence-corrected chi connectivity index (χ4v) is 4.42. The monoisotopic (exact) mass is 521 g/mol. The zero-order chi connectivity index (χ0) is 27.1. The van der Waals surface area contributed by atoms with Crippen LogP contribution >= 0.6 is 0 Å². The van der Waals surface area contributed by atoms with E-state index >= 15 is 0 Å². The van der Waals surface area contributed by atoms with Crippen molar-refractivity contribution in [3.8, 4) is 0 Å². The van der Waals surface area contributed by atoms with E-state index in [9.17, 15) is 44.7 Å². The first kappa shape index (κ1) is 27.6. The van der Waals surface area contributed by atoms with Crippen LogP contribution in [0.3, 0.4) is 0 Å². The molecule has 2 aromatic carbocycles. The van der Waals surface area contributed by atoms with Crippen LogP contribution in [-0.2, 0) is 20.5 Å². The molecule has 2 fully saturated rings. The lowest BCUT2D eigenvalue weighted by Crippen LogP contribution is -2.63. The molecule has 0 spiro atoms. The van der Waals surface area contributed by atoms with Crippen molar-refractivity contribution in [3.63, 3.8) is 0 Å². The van der Waals surface area contributed by atoms with Crippen molar-refractivity contribution in [1.82, 2.24) is 5.32 Å². The van der Waals surface area contributed by atoms with Gasteiger partial charge in [-0.15, -0.1) is 0 Å².